The van der Waals surface area contributed by atoms with Gasteiger partial charge < -0.3 is 14.2 Å². The van der Waals surface area contributed by atoms with E-state index < -0.39 is 0 Å². The molecule has 142 valence electrons. The van der Waals surface area contributed by atoms with Gasteiger partial charge in [0.15, 0.2) is 11.0 Å². The molecule has 0 bridgehead atoms. The van der Waals surface area contributed by atoms with Crippen LogP contribution in [0.3, 0.4) is 0 Å². The zero-order valence-corrected chi connectivity index (χ0v) is 17.4. The summed E-state index contributed by atoms with van der Waals surface area (Å²) in [6.45, 7) is 0.860. The van der Waals surface area contributed by atoms with Crippen molar-refractivity contribution in [3.05, 3.63) is 57.5 Å². The maximum atomic E-state index is 12.3. The van der Waals surface area contributed by atoms with Crippen LogP contribution in [0.25, 0.3) is 0 Å². The lowest BCUT2D eigenvalue weighted by molar-refractivity contribution is -0.127. The van der Waals surface area contributed by atoms with Crippen LogP contribution in [0.1, 0.15) is 11.4 Å². The number of ether oxygens (including phenoxy) is 1. The molecule has 1 amide bonds. The summed E-state index contributed by atoms with van der Waals surface area (Å²) in [4.78, 5) is 14.0. The molecule has 0 saturated heterocycles. The van der Waals surface area contributed by atoms with Gasteiger partial charge in [-0.25, -0.2) is 0 Å². The van der Waals surface area contributed by atoms with Crippen molar-refractivity contribution in [2.75, 3.05) is 12.8 Å². The predicted molar refractivity (Wildman–Crippen MR) is 108 cm³/mol. The molecule has 0 saturated carbocycles. The Morgan fingerprint density at radius 3 is 2.89 bits per heavy atom. The molecule has 0 N–H and O–H groups in total. The highest BCUT2D eigenvalue weighted by atomic mass is 35.5. The molecule has 3 aromatic rings. The maximum Gasteiger partial charge on any atom is 0.233 e. The molecule has 0 atom stereocenters. The summed E-state index contributed by atoms with van der Waals surface area (Å²) in [6, 6.07) is 9.30. The van der Waals surface area contributed by atoms with E-state index in [1.54, 1.807) is 35.4 Å². The number of amides is 1. The molecule has 6 nitrogen and oxygen atoms in total. The number of thiophene rings is 1. The number of benzene rings is 1. The number of carbonyl (C=O) groups excluding carboxylic acids is 1. The van der Waals surface area contributed by atoms with E-state index in [4.69, 9.17) is 16.3 Å². The minimum absolute atomic E-state index is 0.0445. The number of hydrogen-bond donors (Lipinski definition) is 0. The van der Waals surface area contributed by atoms with E-state index in [9.17, 15) is 4.79 Å². The van der Waals surface area contributed by atoms with Crippen molar-refractivity contribution in [1.82, 2.24) is 19.7 Å². The monoisotopic (exact) mass is 422 g/mol. The zero-order chi connectivity index (χ0) is 19.2. The van der Waals surface area contributed by atoms with Gasteiger partial charge in [0.25, 0.3) is 0 Å². The zero-order valence-electron chi connectivity index (χ0n) is 15.0. The molecule has 3 rings (SSSR count). The lowest BCUT2D eigenvalue weighted by Gasteiger charge is -2.16. The van der Waals surface area contributed by atoms with Gasteiger partial charge in [0.1, 0.15) is 12.4 Å². The van der Waals surface area contributed by atoms with E-state index in [1.165, 1.54) is 11.8 Å². The molecule has 0 aliphatic rings. The highest BCUT2D eigenvalue weighted by Crippen LogP contribution is 2.24. The molecular weight excluding hydrogens is 404 g/mol. The fourth-order valence-corrected chi connectivity index (χ4v) is 4.00. The Labute approximate surface area is 171 Å². The van der Waals surface area contributed by atoms with Crippen LogP contribution in [0.5, 0.6) is 5.75 Å². The summed E-state index contributed by atoms with van der Waals surface area (Å²) < 4.78 is 7.53. The van der Waals surface area contributed by atoms with Crippen molar-refractivity contribution < 1.29 is 9.53 Å². The molecule has 0 fully saturated rings. The second kappa shape index (κ2) is 9.25. The van der Waals surface area contributed by atoms with Crippen LogP contribution in [0.4, 0.5) is 0 Å². The van der Waals surface area contributed by atoms with Crippen molar-refractivity contribution in [3.8, 4) is 5.75 Å². The summed E-state index contributed by atoms with van der Waals surface area (Å²) in [5.41, 5.74) is 1.14. The smallest absolute Gasteiger partial charge is 0.233 e. The van der Waals surface area contributed by atoms with Gasteiger partial charge in [-0.2, -0.15) is 11.3 Å². The van der Waals surface area contributed by atoms with Crippen LogP contribution >= 0.6 is 34.7 Å². The Hall–Kier alpha value is -2.03. The van der Waals surface area contributed by atoms with Gasteiger partial charge >= 0.3 is 0 Å². The molecule has 0 spiro atoms. The Kier molecular flexibility index (Phi) is 6.76. The summed E-state index contributed by atoms with van der Waals surface area (Å²) in [5.74, 6) is 1.61. The van der Waals surface area contributed by atoms with Crippen LogP contribution in [0.2, 0.25) is 5.02 Å². The molecule has 27 heavy (non-hydrogen) atoms. The van der Waals surface area contributed by atoms with E-state index in [-0.39, 0.29) is 12.5 Å². The number of nitrogens with zero attached hydrogens (tertiary/aromatic N) is 4. The molecule has 0 unspecified atom stereocenters. The Morgan fingerprint density at radius 1 is 1.33 bits per heavy atom. The Bertz CT molecular complexity index is 899. The van der Waals surface area contributed by atoms with E-state index >= 15 is 0 Å². The van der Waals surface area contributed by atoms with Crippen molar-refractivity contribution in [1.29, 1.82) is 0 Å². The van der Waals surface area contributed by atoms with Gasteiger partial charge in [0.2, 0.25) is 5.91 Å². The van der Waals surface area contributed by atoms with Gasteiger partial charge in [-0.1, -0.05) is 35.5 Å². The lowest BCUT2D eigenvalue weighted by Crippen LogP contribution is -2.27. The fraction of sp³-hybridized carbons (Fsp3) is 0.278. The topological polar surface area (TPSA) is 60.3 Å². The standard InChI is InChI=1S/C18H19ClN4O2S2/c1-22(9-13-7-8-26-11-13)17(24)12-27-18-21-20-16(23(18)2)10-25-15-6-4-3-5-14(15)19/h3-8,11H,9-10,12H2,1-2H3. The first-order chi connectivity index (χ1) is 13.0. The summed E-state index contributed by atoms with van der Waals surface area (Å²) in [6.07, 6.45) is 0. The van der Waals surface area contributed by atoms with Crippen molar-refractivity contribution in [3.63, 3.8) is 0 Å². The third-order valence-electron chi connectivity index (χ3n) is 3.87. The van der Waals surface area contributed by atoms with E-state index in [1.807, 2.05) is 40.6 Å². The fourth-order valence-electron chi connectivity index (χ4n) is 2.28. The van der Waals surface area contributed by atoms with Crippen LogP contribution in [-0.4, -0.2) is 38.4 Å². The molecular formula is C18H19ClN4O2S2. The van der Waals surface area contributed by atoms with Crippen molar-refractivity contribution >= 4 is 40.6 Å². The lowest BCUT2D eigenvalue weighted by atomic mass is 10.3. The number of para-hydroxylation sites is 1. The number of halogens is 1. The van der Waals surface area contributed by atoms with Gasteiger partial charge in [-0.3, -0.25) is 4.79 Å². The van der Waals surface area contributed by atoms with E-state index in [0.717, 1.165) is 5.56 Å². The first kappa shape index (κ1) is 19.7. The molecule has 9 heteroatoms. The quantitative estimate of drug-likeness (QED) is 0.516. The molecule has 0 aliphatic carbocycles. The number of aromatic nitrogens is 3. The second-order valence-electron chi connectivity index (χ2n) is 5.85. The largest absolute Gasteiger partial charge is 0.484 e. The van der Waals surface area contributed by atoms with Crippen LogP contribution in [0.15, 0.2) is 46.2 Å². The van der Waals surface area contributed by atoms with Crippen LogP contribution in [0, 0.1) is 0 Å². The Balaban J connectivity index is 1.52. The minimum Gasteiger partial charge on any atom is -0.484 e. The average Bonchev–Trinajstić information content (AvgIpc) is 3.29. The number of rotatable bonds is 8. The number of thioether (sulfide) groups is 1. The van der Waals surface area contributed by atoms with Gasteiger partial charge in [-0.05, 0) is 34.5 Å². The summed E-state index contributed by atoms with van der Waals surface area (Å²) in [5, 5.41) is 13.6. The third-order valence-corrected chi connectivity index (χ3v) is 5.92. The van der Waals surface area contributed by atoms with E-state index in [2.05, 4.69) is 10.2 Å². The molecule has 1 aromatic carbocycles. The normalized spacial score (nSPS) is 10.8. The van der Waals surface area contributed by atoms with Crippen molar-refractivity contribution in [2.24, 2.45) is 7.05 Å². The molecule has 2 heterocycles. The molecule has 0 aliphatic heterocycles. The predicted octanol–water partition coefficient (Wildman–Crippen LogP) is 3.86. The highest BCUT2D eigenvalue weighted by Gasteiger charge is 2.15. The maximum absolute atomic E-state index is 12.3. The first-order valence-corrected chi connectivity index (χ1v) is 10.5. The van der Waals surface area contributed by atoms with Crippen LogP contribution in [-0.2, 0) is 25.0 Å². The minimum atomic E-state index is 0.0445. The molecule has 0 radical (unpaired) electrons. The van der Waals surface area contributed by atoms with Gasteiger partial charge in [0, 0.05) is 20.6 Å². The van der Waals surface area contributed by atoms with Crippen LogP contribution < -0.4 is 4.74 Å². The second-order valence-corrected chi connectivity index (χ2v) is 7.98. The summed E-state index contributed by atoms with van der Waals surface area (Å²) >= 11 is 9.07. The average molecular weight is 423 g/mol. The highest BCUT2D eigenvalue weighted by molar-refractivity contribution is 7.99. The van der Waals surface area contributed by atoms with Crippen molar-refractivity contribution in [2.45, 2.75) is 18.3 Å². The van der Waals surface area contributed by atoms with E-state index in [0.29, 0.717) is 34.1 Å². The van der Waals surface area contributed by atoms with Gasteiger partial charge in [-0.15, -0.1) is 10.2 Å². The third kappa shape index (κ3) is 5.24. The Morgan fingerprint density at radius 2 is 2.15 bits per heavy atom. The number of hydrogen-bond acceptors (Lipinski definition) is 6. The van der Waals surface area contributed by atoms with Gasteiger partial charge in [0.05, 0.1) is 10.8 Å². The summed E-state index contributed by atoms with van der Waals surface area (Å²) in [7, 11) is 3.66. The SMILES string of the molecule is CN(Cc1ccsc1)C(=O)CSc1nnc(COc2ccccc2Cl)n1C. The number of carbonyl (C=O) groups is 1. The molecule has 2 aromatic heterocycles. The first-order valence-electron chi connectivity index (χ1n) is 8.18.